The van der Waals surface area contributed by atoms with Crippen LogP contribution in [0.4, 0.5) is 0 Å². The molecule has 5 heteroatoms. The van der Waals surface area contributed by atoms with Crippen LogP contribution in [0.2, 0.25) is 0 Å². The topological polar surface area (TPSA) is 54.5 Å². The SMILES string of the molecule is C=C(C)[C@]12CCN(S(=O)(=O)c3ccc(C)cc3)C[C@](C)(CC1=O)C2. The summed E-state index contributed by atoms with van der Waals surface area (Å²) >= 11 is 0. The average Bonchev–Trinajstić information content (AvgIpc) is 2.64. The molecule has 0 N–H and O–H groups in total. The van der Waals surface area contributed by atoms with Gasteiger partial charge in [-0.2, -0.15) is 4.31 Å². The van der Waals surface area contributed by atoms with Gasteiger partial charge in [-0.05, 0) is 44.2 Å². The van der Waals surface area contributed by atoms with Crippen LogP contribution in [0.5, 0.6) is 0 Å². The van der Waals surface area contributed by atoms with Crippen LogP contribution in [0.15, 0.2) is 41.3 Å². The minimum Gasteiger partial charge on any atom is -0.299 e. The standard InChI is InChI=1S/C19H25NO3S/c1-14(2)19-9-10-20(13-18(4,12-19)11-17(19)21)24(22,23)16-7-5-15(3)6-8-16/h5-8H,1,9-13H2,2-4H3/t18-,19-/m1/s1. The summed E-state index contributed by atoms with van der Waals surface area (Å²) in [6, 6.07) is 6.96. The Morgan fingerprint density at radius 2 is 1.88 bits per heavy atom. The summed E-state index contributed by atoms with van der Waals surface area (Å²) in [5.41, 5.74) is 1.03. The number of sulfonamides is 1. The first-order valence-electron chi connectivity index (χ1n) is 8.35. The molecule has 3 rings (SSSR count). The number of fused-ring (bicyclic) bond motifs is 2. The highest BCUT2D eigenvalue weighted by Gasteiger charge is 2.55. The molecule has 1 aliphatic carbocycles. The summed E-state index contributed by atoms with van der Waals surface area (Å²) in [6.45, 7) is 10.7. The van der Waals surface area contributed by atoms with E-state index in [1.54, 1.807) is 16.4 Å². The van der Waals surface area contributed by atoms with Crippen LogP contribution >= 0.6 is 0 Å². The Bertz CT molecular complexity index is 796. The molecule has 2 atom stereocenters. The van der Waals surface area contributed by atoms with Crippen molar-refractivity contribution < 1.29 is 13.2 Å². The normalized spacial score (nSPS) is 31.0. The monoisotopic (exact) mass is 347 g/mol. The van der Waals surface area contributed by atoms with E-state index in [1.165, 1.54) is 0 Å². The molecule has 1 saturated carbocycles. The molecule has 1 heterocycles. The minimum atomic E-state index is -3.54. The number of hydrogen-bond acceptors (Lipinski definition) is 3. The highest BCUT2D eigenvalue weighted by molar-refractivity contribution is 7.89. The van der Waals surface area contributed by atoms with Crippen molar-refractivity contribution in [3.05, 3.63) is 42.0 Å². The van der Waals surface area contributed by atoms with E-state index in [1.807, 2.05) is 32.9 Å². The van der Waals surface area contributed by atoms with Crippen LogP contribution in [-0.4, -0.2) is 31.6 Å². The molecule has 24 heavy (non-hydrogen) atoms. The number of carbonyl (C=O) groups is 1. The lowest BCUT2D eigenvalue weighted by Gasteiger charge is -2.30. The number of carbonyl (C=O) groups excluding carboxylic acids is 1. The van der Waals surface area contributed by atoms with Gasteiger partial charge >= 0.3 is 0 Å². The molecular weight excluding hydrogens is 322 g/mol. The molecule has 4 nitrogen and oxygen atoms in total. The van der Waals surface area contributed by atoms with Gasteiger partial charge in [-0.25, -0.2) is 8.42 Å². The van der Waals surface area contributed by atoms with Gasteiger partial charge in [0.1, 0.15) is 5.78 Å². The molecule has 2 fully saturated rings. The summed E-state index contributed by atoms with van der Waals surface area (Å²) in [5, 5.41) is 0. The van der Waals surface area contributed by atoms with Gasteiger partial charge in [0.2, 0.25) is 10.0 Å². The molecule has 0 aromatic heterocycles. The zero-order valence-electron chi connectivity index (χ0n) is 14.6. The van der Waals surface area contributed by atoms with Crippen molar-refractivity contribution in [2.24, 2.45) is 10.8 Å². The van der Waals surface area contributed by atoms with E-state index in [0.29, 0.717) is 37.2 Å². The number of nitrogens with zero attached hydrogens (tertiary/aromatic N) is 1. The predicted octanol–water partition coefficient (Wildman–Crippen LogP) is 3.32. The van der Waals surface area contributed by atoms with Crippen LogP contribution in [0, 0.1) is 17.8 Å². The van der Waals surface area contributed by atoms with Crippen molar-refractivity contribution in [1.82, 2.24) is 4.31 Å². The van der Waals surface area contributed by atoms with Gasteiger partial charge in [0.05, 0.1) is 10.3 Å². The second-order valence-electron chi connectivity index (χ2n) is 7.85. The lowest BCUT2D eigenvalue weighted by atomic mass is 9.74. The van der Waals surface area contributed by atoms with Crippen LogP contribution in [0.25, 0.3) is 0 Å². The van der Waals surface area contributed by atoms with Crippen molar-refractivity contribution in [3.63, 3.8) is 0 Å². The Kier molecular flexibility index (Phi) is 4.00. The molecule has 1 aromatic rings. The first-order valence-corrected chi connectivity index (χ1v) is 9.79. The lowest BCUT2D eigenvalue weighted by Crippen LogP contribution is -2.40. The fourth-order valence-electron chi connectivity index (χ4n) is 4.27. The lowest BCUT2D eigenvalue weighted by molar-refractivity contribution is -0.124. The highest BCUT2D eigenvalue weighted by Crippen LogP contribution is 2.54. The second kappa shape index (κ2) is 5.53. The number of Topliss-reactive ketones (excluding diaryl/α,β-unsaturated/α-hetero) is 1. The van der Waals surface area contributed by atoms with Crippen molar-refractivity contribution in [2.75, 3.05) is 13.1 Å². The molecule has 1 aliphatic heterocycles. The molecule has 0 unspecified atom stereocenters. The number of benzene rings is 1. The van der Waals surface area contributed by atoms with Gasteiger partial charge in [-0.15, -0.1) is 0 Å². The molecule has 0 amide bonds. The fourth-order valence-corrected chi connectivity index (χ4v) is 5.86. The van der Waals surface area contributed by atoms with Crippen LogP contribution in [0.1, 0.15) is 38.7 Å². The van der Waals surface area contributed by atoms with Crippen molar-refractivity contribution >= 4 is 15.8 Å². The van der Waals surface area contributed by atoms with Gasteiger partial charge in [-0.3, -0.25) is 4.79 Å². The van der Waals surface area contributed by atoms with E-state index in [9.17, 15) is 13.2 Å². The summed E-state index contributed by atoms with van der Waals surface area (Å²) < 4.78 is 27.7. The maximum absolute atomic E-state index is 13.0. The molecule has 1 aromatic carbocycles. The molecule has 2 aliphatic rings. The fraction of sp³-hybridized carbons (Fsp3) is 0.526. The first kappa shape index (κ1) is 17.4. The zero-order chi connectivity index (χ0) is 17.8. The Hall–Kier alpha value is -1.46. The summed E-state index contributed by atoms with van der Waals surface area (Å²) in [5.74, 6) is 0.227. The second-order valence-corrected chi connectivity index (χ2v) is 9.79. The molecule has 0 spiro atoms. The minimum absolute atomic E-state index is 0.227. The Balaban J connectivity index is 1.96. The number of aryl methyl sites for hydroxylation is 1. The third-order valence-corrected chi connectivity index (χ3v) is 7.53. The molecular formula is C19H25NO3S. The van der Waals surface area contributed by atoms with Crippen LogP contribution in [-0.2, 0) is 14.8 Å². The van der Waals surface area contributed by atoms with Crippen molar-refractivity contribution in [2.45, 2.75) is 44.9 Å². The third-order valence-electron chi connectivity index (χ3n) is 5.67. The van der Waals surface area contributed by atoms with E-state index in [0.717, 1.165) is 11.1 Å². The number of rotatable bonds is 3. The quantitative estimate of drug-likeness (QED) is 0.788. The van der Waals surface area contributed by atoms with Crippen LogP contribution < -0.4 is 0 Å². The summed E-state index contributed by atoms with van der Waals surface area (Å²) in [7, 11) is -3.54. The van der Waals surface area contributed by atoms with Gasteiger partial charge in [0.25, 0.3) is 0 Å². The van der Waals surface area contributed by atoms with Gasteiger partial charge < -0.3 is 0 Å². The number of allylic oxidation sites excluding steroid dienone is 1. The van der Waals surface area contributed by atoms with E-state index >= 15 is 0 Å². The predicted molar refractivity (Wildman–Crippen MR) is 94.1 cm³/mol. The maximum atomic E-state index is 13.0. The molecule has 0 radical (unpaired) electrons. The van der Waals surface area contributed by atoms with E-state index in [4.69, 9.17) is 0 Å². The third kappa shape index (κ3) is 2.64. The Labute approximate surface area is 144 Å². The number of hydrogen-bond donors (Lipinski definition) is 0. The van der Waals surface area contributed by atoms with Gasteiger partial charge in [-0.1, -0.05) is 36.8 Å². The summed E-state index contributed by atoms with van der Waals surface area (Å²) in [6.07, 6.45) is 1.66. The highest BCUT2D eigenvalue weighted by atomic mass is 32.2. The van der Waals surface area contributed by atoms with Crippen molar-refractivity contribution in [3.8, 4) is 0 Å². The molecule has 2 bridgehead atoms. The smallest absolute Gasteiger partial charge is 0.243 e. The molecule has 1 saturated heterocycles. The Morgan fingerprint density at radius 3 is 2.46 bits per heavy atom. The van der Waals surface area contributed by atoms with E-state index in [-0.39, 0.29) is 11.2 Å². The average molecular weight is 347 g/mol. The van der Waals surface area contributed by atoms with E-state index in [2.05, 4.69) is 6.58 Å². The van der Waals surface area contributed by atoms with Crippen molar-refractivity contribution in [1.29, 1.82) is 0 Å². The van der Waals surface area contributed by atoms with Crippen LogP contribution in [0.3, 0.4) is 0 Å². The number of ketones is 1. The Morgan fingerprint density at radius 1 is 1.25 bits per heavy atom. The first-order chi connectivity index (χ1) is 11.1. The summed E-state index contributed by atoms with van der Waals surface area (Å²) in [4.78, 5) is 12.9. The zero-order valence-corrected chi connectivity index (χ0v) is 15.4. The largest absolute Gasteiger partial charge is 0.299 e. The van der Waals surface area contributed by atoms with Gasteiger partial charge in [0.15, 0.2) is 0 Å². The maximum Gasteiger partial charge on any atom is 0.243 e. The molecule has 130 valence electrons. The van der Waals surface area contributed by atoms with Gasteiger partial charge in [0, 0.05) is 19.5 Å². The van der Waals surface area contributed by atoms with E-state index < -0.39 is 15.4 Å².